The van der Waals surface area contributed by atoms with E-state index in [0.717, 1.165) is 0 Å². The van der Waals surface area contributed by atoms with Gasteiger partial charge in [-0.3, -0.25) is 4.79 Å². The molecule has 0 radical (unpaired) electrons. The molecule has 0 aromatic heterocycles. The van der Waals surface area contributed by atoms with Crippen LogP contribution >= 0.6 is 0 Å². The highest BCUT2D eigenvalue weighted by Gasteiger charge is 2.42. The molecular formula is C12H12O5. The van der Waals surface area contributed by atoms with Crippen molar-refractivity contribution in [1.82, 2.24) is 0 Å². The van der Waals surface area contributed by atoms with Gasteiger partial charge in [-0.15, -0.1) is 0 Å². The molecule has 5 heteroatoms. The lowest BCUT2D eigenvalue weighted by Crippen LogP contribution is -2.45. The van der Waals surface area contributed by atoms with Gasteiger partial charge in [0.2, 0.25) is 0 Å². The van der Waals surface area contributed by atoms with Gasteiger partial charge in [0.05, 0.1) is 0 Å². The fourth-order valence-corrected chi connectivity index (χ4v) is 1.36. The topological polar surface area (TPSA) is 61.8 Å². The first-order valence-electron chi connectivity index (χ1n) is 5.17. The molecule has 0 spiro atoms. The Kier molecular flexibility index (Phi) is 2.99. The molecule has 1 saturated heterocycles. The summed E-state index contributed by atoms with van der Waals surface area (Å²) in [4.78, 5) is 22.6. The molecule has 1 fully saturated rings. The van der Waals surface area contributed by atoms with Crippen molar-refractivity contribution in [3.63, 3.8) is 0 Å². The molecule has 0 aliphatic carbocycles. The molecule has 17 heavy (non-hydrogen) atoms. The van der Waals surface area contributed by atoms with Crippen molar-refractivity contribution in [3.8, 4) is 5.75 Å². The summed E-state index contributed by atoms with van der Waals surface area (Å²) in [6.07, 6.45) is -0.755. The first kappa shape index (κ1) is 11.4. The molecule has 1 aliphatic heterocycles. The average molecular weight is 236 g/mol. The normalized spacial score (nSPS) is 17.8. The van der Waals surface area contributed by atoms with Crippen LogP contribution in [0, 0.1) is 5.41 Å². The van der Waals surface area contributed by atoms with Crippen LogP contribution in [0.5, 0.6) is 5.75 Å². The Morgan fingerprint density at radius 2 is 1.82 bits per heavy atom. The number of para-hydroxylation sites is 1. The summed E-state index contributed by atoms with van der Waals surface area (Å²) in [6.45, 7) is 1.57. The molecule has 2 rings (SSSR count). The van der Waals surface area contributed by atoms with Crippen molar-refractivity contribution < 1.29 is 23.8 Å². The Morgan fingerprint density at radius 1 is 1.24 bits per heavy atom. The second-order valence-corrected chi connectivity index (χ2v) is 4.09. The summed E-state index contributed by atoms with van der Waals surface area (Å²) >= 11 is 0. The zero-order valence-electron chi connectivity index (χ0n) is 9.34. The maximum Gasteiger partial charge on any atom is 0.508 e. The number of carbonyl (C=O) groups excluding carboxylic acids is 2. The van der Waals surface area contributed by atoms with E-state index in [9.17, 15) is 9.59 Å². The number of benzene rings is 1. The number of hydrogen-bond donors (Lipinski definition) is 0. The fraction of sp³-hybridized carbons (Fsp3) is 0.333. The maximum atomic E-state index is 11.9. The quantitative estimate of drug-likeness (QED) is 0.578. The summed E-state index contributed by atoms with van der Waals surface area (Å²) < 4.78 is 14.6. The molecule has 0 unspecified atom stereocenters. The molecule has 0 saturated carbocycles. The van der Waals surface area contributed by atoms with Crippen LogP contribution < -0.4 is 4.74 Å². The lowest BCUT2D eigenvalue weighted by atomic mass is 9.92. The van der Waals surface area contributed by atoms with Crippen LogP contribution in [0.25, 0.3) is 0 Å². The predicted molar refractivity (Wildman–Crippen MR) is 57.5 cm³/mol. The molecule has 5 nitrogen and oxygen atoms in total. The molecule has 1 heterocycles. The summed E-state index contributed by atoms with van der Waals surface area (Å²) in [5, 5.41) is 0. The third-order valence-corrected chi connectivity index (χ3v) is 2.46. The maximum absolute atomic E-state index is 11.9. The van der Waals surface area contributed by atoms with E-state index in [1.807, 2.05) is 6.07 Å². The third-order valence-electron chi connectivity index (χ3n) is 2.46. The smallest absolute Gasteiger partial charge is 0.433 e. The van der Waals surface area contributed by atoms with Gasteiger partial charge in [-0.25, -0.2) is 4.79 Å². The van der Waals surface area contributed by atoms with Gasteiger partial charge in [0.1, 0.15) is 24.4 Å². The molecule has 0 amide bonds. The van der Waals surface area contributed by atoms with E-state index in [1.165, 1.54) is 0 Å². The molecule has 0 bridgehead atoms. The van der Waals surface area contributed by atoms with Crippen molar-refractivity contribution in [3.05, 3.63) is 30.3 Å². The minimum atomic E-state index is -0.955. The highest BCUT2D eigenvalue weighted by Crippen LogP contribution is 2.25. The molecule has 0 atom stereocenters. The van der Waals surface area contributed by atoms with Crippen LogP contribution in [0.1, 0.15) is 6.92 Å². The van der Waals surface area contributed by atoms with Gasteiger partial charge in [-0.1, -0.05) is 18.2 Å². The first-order chi connectivity index (χ1) is 8.10. The van der Waals surface area contributed by atoms with E-state index in [1.54, 1.807) is 31.2 Å². The number of ether oxygens (including phenoxy) is 3. The molecule has 1 aromatic carbocycles. The van der Waals surface area contributed by atoms with Crippen molar-refractivity contribution in [2.45, 2.75) is 6.92 Å². The Bertz CT molecular complexity index is 416. The van der Waals surface area contributed by atoms with Crippen LogP contribution in [-0.4, -0.2) is 25.3 Å². The highest BCUT2D eigenvalue weighted by molar-refractivity contribution is 5.80. The summed E-state index contributed by atoms with van der Waals surface area (Å²) in [7, 11) is 0. The van der Waals surface area contributed by atoms with E-state index in [0.29, 0.717) is 5.75 Å². The SMILES string of the molecule is CC1(C(=O)Oc2ccccc2)COC(=O)OC1. The molecule has 1 aliphatic rings. The fourth-order valence-electron chi connectivity index (χ4n) is 1.36. The molecule has 1 aromatic rings. The van der Waals surface area contributed by atoms with Crippen molar-refractivity contribution in [2.24, 2.45) is 5.41 Å². The van der Waals surface area contributed by atoms with E-state index >= 15 is 0 Å². The largest absolute Gasteiger partial charge is 0.508 e. The Balaban J connectivity index is 2.02. The zero-order valence-corrected chi connectivity index (χ0v) is 9.34. The summed E-state index contributed by atoms with van der Waals surface area (Å²) in [5.74, 6) is -0.0215. The second kappa shape index (κ2) is 4.45. The number of hydrogen-bond acceptors (Lipinski definition) is 5. The van der Waals surface area contributed by atoms with Crippen LogP contribution in [0.15, 0.2) is 30.3 Å². The minimum absolute atomic E-state index is 0.0303. The van der Waals surface area contributed by atoms with Gasteiger partial charge in [-0.05, 0) is 19.1 Å². The second-order valence-electron chi connectivity index (χ2n) is 4.09. The standard InChI is InChI=1S/C12H12O5/c1-12(7-15-11(14)16-8-12)10(13)17-9-5-3-2-4-6-9/h2-6H,7-8H2,1H3. The minimum Gasteiger partial charge on any atom is -0.433 e. The molecule has 90 valence electrons. The Hall–Kier alpha value is -2.04. The van der Waals surface area contributed by atoms with Crippen LogP contribution in [0.3, 0.4) is 0 Å². The lowest BCUT2D eigenvalue weighted by Gasteiger charge is -2.29. The average Bonchev–Trinajstić information content (AvgIpc) is 2.34. The Morgan fingerprint density at radius 3 is 2.41 bits per heavy atom. The zero-order chi connectivity index (χ0) is 12.3. The van der Waals surface area contributed by atoms with E-state index in [2.05, 4.69) is 0 Å². The number of rotatable bonds is 2. The van der Waals surface area contributed by atoms with Crippen LogP contribution in [-0.2, 0) is 14.3 Å². The summed E-state index contributed by atoms with van der Waals surface area (Å²) in [5.41, 5.74) is -0.955. The van der Waals surface area contributed by atoms with E-state index < -0.39 is 17.5 Å². The lowest BCUT2D eigenvalue weighted by molar-refractivity contribution is -0.156. The third kappa shape index (κ3) is 2.55. The van der Waals surface area contributed by atoms with Gasteiger partial charge < -0.3 is 14.2 Å². The van der Waals surface area contributed by atoms with Crippen molar-refractivity contribution in [1.29, 1.82) is 0 Å². The van der Waals surface area contributed by atoms with Gasteiger partial charge in [0.25, 0.3) is 0 Å². The van der Waals surface area contributed by atoms with Crippen molar-refractivity contribution in [2.75, 3.05) is 13.2 Å². The van der Waals surface area contributed by atoms with Crippen molar-refractivity contribution >= 4 is 12.1 Å². The van der Waals surface area contributed by atoms with Gasteiger partial charge in [0.15, 0.2) is 0 Å². The van der Waals surface area contributed by atoms with Crippen LogP contribution in [0.2, 0.25) is 0 Å². The van der Waals surface area contributed by atoms with Gasteiger partial charge in [0, 0.05) is 0 Å². The molecule has 0 N–H and O–H groups in total. The summed E-state index contributed by atoms with van der Waals surface area (Å²) in [6, 6.07) is 8.71. The number of cyclic esters (lactones) is 2. The van der Waals surface area contributed by atoms with Crippen LogP contribution in [0.4, 0.5) is 4.79 Å². The monoisotopic (exact) mass is 236 g/mol. The number of carbonyl (C=O) groups is 2. The van der Waals surface area contributed by atoms with E-state index in [-0.39, 0.29) is 13.2 Å². The molecular weight excluding hydrogens is 224 g/mol. The highest BCUT2D eigenvalue weighted by atomic mass is 16.7. The van der Waals surface area contributed by atoms with Gasteiger partial charge >= 0.3 is 12.1 Å². The predicted octanol–water partition coefficient (Wildman–Crippen LogP) is 1.77. The first-order valence-corrected chi connectivity index (χ1v) is 5.17. The number of esters is 1. The van der Waals surface area contributed by atoms with E-state index in [4.69, 9.17) is 14.2 Å². The Labute approximate surface area is 98.3 Å². The van der Waals surface area contributed by atoms with Gasteiger partial charge in [-0.2, -0.15) is 0 Å².